The number of carbonyl (C=O) groups is 2. The Labute approximate surface area is 207 Å². The maximum atomic E-state index is 13.4. The first-order valence-electron chi connectivity index (χ1n) is 11.6. The second kappa shape index (κ2) is 9.62. The van der Waals surface area contributed by atoms with Crippen molar-refractivity contribution in [1.82, 2.24) is 4.90 Å². The fourth-order valence-electron chi connectivity index (χ4n) is 4.92. The van der Waals surface area contributed by atoms with Gasteiger partial charge in [0.05, 0.1) is 39.0 Å². The standard InChI is InChI=1S/C26H27NO9/c1-31-15-7-4-6-14(10-15)21(28)19-20(27(26(30)22(19)29)12-16-8-5-9-34-16)17-11-18(32-2)24-25(23(17)33-3)36-13-35-24/h4,6-7,10-11,16,20,28H,5,8-9,12-13H2,1-3H3/t16-,20+/m0/s1. The van der Waals surface area contributed by atoms with Gasteiger partial charge in [-0.25, -0.2) is 0 Å². The van der Waals surface area contributed by atoms with E-state index in [0.29, 0.717) is 40.7 Å². The van der Waals surface area contributed by atoms with Gasteiger partial charge in [-0.3, -0.25) is 9.59 Å². The third-order valence-electron chi connectivity index (χ3n) is 6.62. The average molecular weight is 498 g/mol. The van der Waals surface area contributed by atoms with Crippen LogP contribution in [0.4, 0.5) is 0 Å². The molecule has 5 rings (SSSR count). The Kier molecular flexibility index (Phi) is 6.36. The van der Waals surface area contributed by atoms with E-state index >= 15 is 0 Å². The summed E-state index contributed by atoms with van der Waals surface area (Å²) in [5, 5.41) is 11.4. The lowest BCUT2D eigenvalue weighted by Gasteiger charge is -2.29. The minimum atomic E-state index is -0.987. The van der Waals surface area contributed by atoms with E-state index in [9.17, 15) is 14.7 Å². The van der Waals surface area contributed by atoms with Crippen LogP contribution in [0.15, 0.2) is 35.9 Å². The third kappa shape index (κ3) is 3.87. The number of carbonyl (C=O) groups excluding carboxylic acids is 2. The molecule has 3 aliphatic rings. The normalized spacial score (nSPS) is 22.2. The van der Waals surface area contributed by atoms with Crippen LogP contribution in [0.3, 0.4) is 0 Å². The second-order valence-electron chi connectivity index (χ2n) is 8.58. The molecule has 3 aliphatic heterocycles. The maximum absolute atomic E-state index is 13.4. The molecular formula is C26H27NO9. The first kappa shape index (κ1) is 23.8. The number of hydrogen-bond donors (Lipinski definition) is 1. The topological polar surface area (TPSA) is 113 Å². The molecule has 0 bridgehead atoms. The highest BCUT2D eigenvalue weighted by molar-refractivity contribution is 6.46. The summed E-state index contributed by atoms with van der Waals surface area (Å²) in [5.74, 6) is -0.0858. The van der Waals surface area contributed by atoms with Gasteiger partial charge in [-0.1, -0.05) is 12.1 Å². The molecule has 2 aromatic rings. The van der Waals surface area contributed by atoms with Gasteiger partial charge >= 0.3 is 0 Å². The molecule has 0 saturated carbocycles. The predicted octanol–water partition coefficient (Wildman–Crippen LogP) is 3.04. The van der Waals surface area contributed by atoms with Gasteiger partial charge in [-0.2, -0.15) is 0 Å². The number of rotatable bonds is 7. The highest BCUT2D eigenvalue weighted by Gasteiger charge is 2.49. The number of hydrogen-bond acceptors (Lipinski definition) is 9. The summed E-state index contributed by atoms with van der Waals surface area (Å²) in [5.41, 5.74) is 0.673. The highest BCUT2D eigenvalue weighted by atomic mass is 16.7. The first-order valence-corrected chi connectivity index (χ1v) is 11.6. The summed E-state index contributed by atoms with van der Waals surface area (Å²) in [6.07, 6.45) is 1.39. The largest absolute Gasteiger partial charge is 0.507 e. The van der Waals surface area contributed by atoms with Gasteiger partial charge in [0.15, 0.2) is 11.5 Å². The third-order valence-corrected chi connectivity index (χ3v) is 6.62. The van der Waals surface area contributed by atoms with Crippen molar-refractivity contribution in [1.29, 1.82) is 0 Å². The number of ether oxygens (including phenoxy) is 6. The minimum absolute atomic E-state index is 0.0363. The van der Waals surface area contributed by atoms with Crippen molar-refractivity contribution in [3.63, 3.8) is 0 Å². The maximum Gasteiger partial charge on any atom is 0.295 e. The summed E-state index contributed by atoms with van der Waals surface area (Å²) < 4.78 is 33.5. The van der Waals surface area contributed by atoms with Crippen LogP contribution in [0, 0.1) is 0 Å². The lowest BCUT2D eigenvalue weighted by molar-refractivity contribution is -0.140. The number of aliphatic hydroxyl groups excluding tert-OH is 1. The molecule has 0 radical (unpaired) electrons. The number of amides is 1. The summed E-state index contributed by atoms with van der Waals surface area (Å²) >= 11 is 0. The number of benzene rings is 2. The second-order valence-corrected chi connectivity index (χ2v) is 8.58. The zero-order valence-corrected chi connectivity index (χ0v) is 20.2. The molecule has 0 unspecified atom stereocenters. The summed E-state index contributed by atoms with van der Waals surface area (Å²) in [6.45, 7) is 0.722. The fraction of sp³-hybridized carbons (Fsp3) is 0.385. The van der Waals surface area contributed by atoms with Gasteiger partial charge in [0.1, 0.15) is 11.5 Å². The number of likely N-dealkylation sites (tertiary alicyclic amines) is 1. The van der Waals surface area contributed by atoms with Crippen LogP contribution in [0.25, 0.3) is 5.76 Å². The zero-order valence-electron chi connectivity index (χ0n) is 20.2. The summed E-state index contributed by atoms with van der Waals surface area (Å²) in [7, 11) is 4.44. The smallest absolute Gasteiger partial charge is 0.295 e. The number of Topliss-reactive ketones (excluding diaryl/α,β-unsaturated/α-hetero) is 1. The van der Waals surface area contributed by atoms with E-state index in [1.807, 2.05) is 0 Å². The fourth-order valence-corrected chi connectivity index (χ4v) is 4.92. The van der Waals surface area contributed by atoms with Crippen molar-refractivity contribution in [2.24, 2.45) is 0 Å². The Morgan fingerprint density at radius 1 is 1.08 bits per heavy atom. The number of methoxy groups -OCH3 is 3. The van der Waals surface area contributed by atoms with Crippen LogP contribution in [0.2, 0.25) is 0 Å². The lowest BCUT2D eigenvalue weighted by Crippen LogP contribution is -2.36. The van der Waals surface area contributed by atoms with Crippen LogP contribution < -0.4 is 23.7 Å². The molecule has 0 aliphatic carbocycles. The minimum Gasteiger partial charge on any atom is -0.507 e. The zero-order chi connectivity index (χ0) is 25.4. The molecule has 2 atom stereocenters. The van der Waals surface area contributed by atoms with E-state index in [4.69, 9.17) is 28.4 Å². The van der Waals surface area contributed by atoms with Crippen LogP contribution in [-0.4, -0.2) is 69.1 Å². The van der Waals surface area contributed by atoms with Gasteiger partial charge in [-0.15, -0.1) is 0 Å². The number of ketones is 1. The molecule has 10 heteroatoms. The molecule has 3 heterocycles. The Morgan fingerprint density at radius 3 is 2.58 bits per heavy atom. The van der Waals surface area contributed by atoms with Crippen LogP contribution in [0.5, 0.6) is 28.7 Å². The van der Waals surface area contributed by atoms with E-state index in [1.54, 1.807) is 30.3 Å². The Balaban J connectivity index is 1.73. The van der Waals surface area contributed by atoms with Crippen molar-refractivity contribution >= 4 is 17.4 Å². The quantitative estimate of drug-likeness (QED) is 0.350. The molecule has 0 aromatic heterocycles. The van der Waals surface area contributed by atoms with E-state index in [1.165, 1.54) is 26.2 Å². The van der Waals surface area contributed by atoms with Crippen molar-refractivity contribution in [2.75, 3.05) is 41.3 Å². The number of aliphatic hydroxyl groups is 1. The van der Waals surface area contributed by atoms with Crippen molar-refractivity contribution in [2.45, 2.75) is 25.0 Å². The average Bonchev–Trinajstić information content (AvgIpc) is 3.65. The lowest BCUT2D eigenvalue weighted by atomic mass is 9.93. The van der Waals surface area contributed by atoms with Crippen LogP contribution in [0.1, 0.15) is 30.0 Å². The molecule has 2 saturated heterocycles. The molecule has 2 aromatic carbocycles. The van der Waals surface area contributed by atoms with Gasteiger partial charge in [0, 0.05) is 24.3 Å². The van der Waals surface area contributed by atoms with Crippen LogP contribution in [-0.2, 0) is 14.3 Å². The highest BCUT2D eigenvalue weighted by Crippen LogP contribution is 2.54. The first-order chi connectivity index (χ1) is 17.5. The monoisotopic (exact) mass is 497 g/mol. The molecule has 2 fully saturated rings. The molecule has 0 spiro atoms. The van der Waals surface area contributed by atoms with Crippen molar-refractivity contribution in [3.05, 3.63) is 47.0 Å². The van der Waals surface area contributed by atoms with E-state index in [0.717, 1.165) is 12.8 Å². The Morgan fingerprint density at radius 2 is 1.89 bits per heavy atom. The molecular weight excluding hydrogens is 470 g/mol. The number of nitrogens with zero attached hydrogens (tertiary/aromatic N) is 1. The van der Waals surface area contributed by atoms with Gasteiger partial charge < -0.3 is 38.4 Å². The molecule has 190 valence electrons. The Hall–Kier alpha value is -3.92. The van der Waals surface area contributed by atoms with Crippen LogP contribution >= 0.6 is 0 Å². The van der Waals surface area contributed by atoms with Gasteiger partial charge in [0.25, 0.3) is 11.7 Å². The Bertz CT molecular complexity index is 1230. The summed E-state index contributed by atoms with van der Waals surface area (Å²) in [6, 6.07) is 7.30. The summed E-state index contributed by atoms with van der Waals surface area (Å²) in [4.78, 5) is 28.2. The molecule has 10 nitrogen and oxygen atoms in total. The van der Waals surface area contributed by atoms with Gasteiger partial charge in [0.2, 0.25) is 18.3 Å². The predicted molar refractivity (Wildman–Crippen MR) is 127 cm³/mol. The van der Waals surface area contributed by atoms with Crippen molar-refractivity contribution in [3.8, 4) is 28.7 Å². The molecule has 36 heavy (non-hydrogen) atoms. The SMILES string of the molecule is COc1cccc(C(O)=C2C(=O)C(=O)N(C[C@@H]3CCCO3)[C@@H]2c2cc(OC)c3c(c2OC)OCO3)c1. The van der Waals surface area contributed by atoms with Gasteiger partial charge in [-0.05, 0) is 31.0 Å². The number of fused-ring (bicyclic) bond motifs is 1. The molecule has 1 amide bonds. The van der Waals surface area contributed by atoms with Crippen molar-refractivity contribution < 1.29 is 43.1 Å². The van der Waals surface area contributed by atoms with E-state index in [-0.39, 0.29) is 36.5 Å². The molecule has 1 N–H and O–H groups in total. The van der Waals surface area contributed by atoms with E-state index < -0.39 is 17.7 Å². The van der Waals surface area contributed by atoms with E-state index in [2.05, 4.69) is 0 Å².